The minimum Gasteiger partial charge on any atom is -0.463 e. The highest BCUT2D eigenvalue weighted by atomic mass is 16.5. The minimum absolute atomic E-state index is 0.0372. The quantitative estimate of drug-likeness (QED) is 0.148. The number of aliphatic hydroxyl groups excluding tert-OH is 1. The Morgan fingerprint density at radius 3 is 2.44 bits per heavy atom. The Morgan fingerprint density at radius 2 is 1.71 bits per heavy atom. The van der Waals surface area contributed by atoms with Crippen LogP contribution in [0.2, 0.25) is 0 Å². The minimum atomic E-state index is -0.625. The summed E-state index contributed by atoms with van der Waals surface area (Å²) in [7, 11) is 0. The number of benzene rings is 2. The van der Waals surface area contributed by atoms with Crippen LogP contribution in [0, 0.1) is 5.92 Å². The van der Waals surface area contributed by atoms with E-state index in [-0.39, 0.29) is 44.0 Å². The lowest BCUT2D eigenvalue weighted by Crippen LogP contribution is -2.45. The highest BCUT2D eigenvalue weighted by molar-refractivity contribution is 5.86. The number of cyclic esters (lactones) is 1. The number of aliphatic hydroxyl groups is 1. The van der Waals surface area contributed by atoms with Crippen molar-refractivity contribution in [3.8, 4) is 0 Å². The summed E-state index contributed by atoms with van der Waals surface area (Å²) < 4.78 is 10.7. The zero-order valence-electron chi connectivity index (χ0n) is 26.0. The highest BCUT2D eigenvalue weighted by Crippen LogP contribution is 2.15. The SMILES string of the molecule is O=C(C[C@H]1CC=CCCCCC(=O)OC[C@H](CCCCNC(=O)OCc2ccccc2)NC1=O)N[C@H](CO)Cc1ccccc1. The molecule has 0 saturated carbocycles. The zero-order chi connectivity index (χ0) is 32.1. The van der Waals surface area contributed by atoms with E-state index in [0.717, 1.165) is 24.0 Å². The smallest absolute Gasteiger partial charge is 0.407 e. The first kappa shape index (κ1) is 35.3. The summed E-state index contributed by atoms with van der Waals surface area (Å²) in [5.41, 5.74) is 1.89. The number of rotatable bonds is 13. The summed E-state index contributed by atoms with van der Waals surface area (Å²) >= 11 is 0. The molecule has 0 unspecified atom stereocenters. The van der Waals surface area contributed by atoms with E-state index in [9.17, 15) is 24.3 Å². The van der Waals surface area contributed by atoms with Crippen molar-refractivity contribution in [1.82, 2.24) is 16.0 Å². The molecular formula is C35H47N3O7. The number of esters is 1. The first-order chi connectivity index (χ1) is 21.9. The van der Waals surface area contributed by atoms with Crippen molar-refractivity contribution in [3.63, 3.8) is 0 Å². The Kier molecular flexibility index (Phi) is 16.3. The monoisotopic (exact) mass is 621 g/mol. The van der Waals surface area contributed by atoms with Crippen molar-refractivity contribution < 1.29 is 33.8 Å². The van der Waals surface area contributed by atoms with Crippen LogP contribution in [0.4, 0.5) is 4.79 Å². The molecule has 4 N–H and O–H groups in total. The molecule has 0 radical (unpaired) electrons. The summed E-state index contributed by atoms with van der Waals surface area (Å²) in [5, 5.41) is 18.5. The fourth-order valence-corrected chi connectivity index (χ4v) is 5.03. The van der Waals surface area contributed by atoms with Gasteiger partial charge in [0.25, 0.3) is 0 Å². The second-order valence-corrected chi connectivity index (χ2v) is 11.4. The molecule has 0 aromatic heterocycles. The standard InChI is InChI=1S/C35H47N3O7/c39-24-31(22-27-14-6-4-7-15-27)37-32(40)23-29-18-10-2-1-3-11-20-33(41)44-26-30(38-34(29)42)19-12-13-21-36-35(43)45-25-28-16-8-5-9-17-28/h2,4-10,14-17,29-31,39H,1,3,11-13,18-26H2,(H,36,43)(H,37,40)(H,38,42)/t29-,30+,31+/m1/s1. The van der Waals surface area contributed by atoms with Gasteiger partial charge in [-0.15, -0.1) is 0 Å². The topological polar surface area (TPSA) is 143 Å². The molecule has 1 heterocycles. The van der Waals surface area contributed by atoms with E-state index in [1.54, 1.807) is 0 Å². The molecule has 10 heteroatoms. The van der Waals surface area contributed by atoms with Crippen LogP contribution in [-0.2, 0) is 36.9 Å². The van der Waals surface area contributed by atoms with Gasteiger partial charge in [-0.3, -0.25) is 14.4 Å². The molecule has 2 aromatic carbocycles. The zero-order valence-corrected chi connectivity index (χ0v) is 26.0. The van der Waals surface area contributed by atoms with Crippen molar-refractivity contribution in [2.24, 2.45) is 5.92 Å². The van der Waals surface area contributed by atoms with Crippen LogP contribution in [0.15, 0.2) is 72.8 Å². The summed E-state index contributed by atoms with van der Waals surface area (Å²) in [4.78, 5) is 50.7. The van der Waals surface area contributed by atoms with Crippen LogP contribution in [0.5, 0.6) is 0 Å². The van der Waals surface area contributed by atoms with E-state index < -0.39 is 24.1 Å². The van der Waals surface area contributed by atoms with E-state index in [4.69, 9.17) is 9.47 Å². The van der Waals surface area contributed by atoms with E-state index in [1.807, 2.05) is 72.8 Å². The fraction of sp³-hybridized carbons (Fsp3) is 0.486. The van der Waals surface area contributed by atoms with Crippen LogP contribution in [-0.4, -0.2) is 60.8 Å². The highest BCUT2D eigenvalue weighted by Gasteiger charge is 2.25. The van der Waals surface area contributed by atoms with Crippen LogP contribution < -0.4 is 16.0 Å². The van der Waals surface area contributed by atoms with Gasteiger partial charge in [-0.2, -0.15) is 0 Å². The lowest BCUT2D eigenvalue weighted by Gasteiger charge is -2.23. The normalized spacial score (nSPS) is 18.5. The number of ether oxygens (including phenoxy) is 2. The van der Waals surface area contributed by atoms with E-state index in [2.05, 4.69) is 16.0 Å². The molecule has 0 aliphatic carbocycles. The molecule has 45 heavy (non-hydrogen) atoms. The molecule has 3 rings (SSSR count). The molecular weight excluding hydrogens is 574 g/mol. The second kappa shape index (κ2) is 20.7. The molecule has 0 spiro atoms. The van der Waals surface area contributed by atoms with Gasteiger partial charge >= 0.3 is 12.1 Å². The molecule has 0 saturated heterocycles. The lowest BCUT2D eigenvalue weighted by molar-refractivity contribution is -0.145. The maximum atomic E-state index is 13.4. The summed E-state index contributed by atoms with van der Waals surface area (Å²) in [6.07, 6.45) is 8.69. The summed E-state index contributed by atoms with van der Waals surface area (Å²) in [5.74, 6) is -1.53. The maximum Gasteiger partial charge on any atom is 0.407 e. The van der Waals surface area contributed by atoms with Crippen molar-refractivity contribution in [1.29, 1.82) is 0 Å². The van der Waals surface area contributed by atoms with Crippen LogP contribution >= 0.6 is 0 Å². The largest absolute Gasteiger partial charge is 0.463 e. The van der Waals surface area contributed by atoms with E-state index in [1.165, 1.54) is 0 Å². The second-order valence-electron chi connectivity index (χ2n) is 11.4. The lowest BCUT2D eigenvalue weighted by atomic mass is 9.97. The third-order valence-corrected chi connectivity index (χ3v) is 7.56. The van der Waals surface area contributed by atoms with Gasteiger partial charge in [-0.1, -0.05) is 72.8 Å². The Morgan fingerprint density at radius 1 is 0.978 bits per heavy atom. The van der Waals surface area contributed by atoms with Crippen molar-refractivity contribution >= 4 is 23.9 Å². The Balaban J connectivity index is 1.52. The number of amides is 3. The summed E-state index contributed by atoms with van der Waals surface area (Å²) in [6.45, 7) is 0.408. The van der Waals surface area contributed by atoms with Crippen molar-refractivity contribution in [2.75, 3.05) is 19.8 Å². The maximum absolute atomic E-state index is 13.4. The molecule has 3 atom stereocenters. The van der Waals surface area contributed by atoms with Crippen LogP contribution in [0.25, 0.3) is 0 Å². The van der Waals surface area contributed by atoms with E-state index >= 15 is 0 Å². The molecule has 3 amide bonds. The molecule has 244 valence electrons. The van der Waals surface area contributed by atoms with Gasteiger partial charge in [-0.25, -0.2) is 4.79 Å². The predicted molar refractivity (Wildman–Crippen MR) is 171 cm³/mol. The molecule has 0 bridgehead atoms. The number of unbranched alkanes of at least 4 members (excludes halogenated alkanes) is 1. The van der Waals surface area contributed by atoms with E-state index in [0.29, 0.717) is 51.5 Å². The average Bonchev–Trinajstić information content (AvgIpc) is 3.05. The van der Waals surface area contributed by atoms with Crippen LogP contribution in [0.3, 0.4) is 0 Å². The molecule has 1 aliphatic heterocycles. The predicted octanol–water partition coefficient (Wildman–Crippen LogP) is 4.36. The number of carbonyl (C=O) groups is 4. The van der Waals surface area contributed by atoms with Crippen molar-refractivity contribution in [3.05, 3.63) is 83.9 Å². The number of nitrogens with one attached hydrogen (secondary N) is 3. The molecule has 1 aliphatic rings. The first-order valence-corrected chi connectivity index (χ1v) is 15.9. The van der Waals surface area contributed by atoms with Crippen molar-refractivity contribution in [2.45, 2.75) is 82.9 Å². The average molecular weight is 622 g/mol. The molecule has 2 aromatic rings. The number of alkyl carbamates (subject to hydrolysis) is 1. The van der Waals surface area contributed by atoms with Gasteiger partial charge in [0, 0.05) is 19.4 Å². The third-order valence-electron chi connectivity index (χ3n) is 7.56. The first-order valence-electron chi connectivity index (χ1n) is 15.9. The van der Waals surface area contributed by atoms with Gasteiger partial charge in [0.1, 0.15) is 13.2 Å². The fourth-order valence-electron chi connectivity index (χ4n) is 5.03. The van der Waals surface area contributed by atoms with Gasteiger partial charge in [0.2, 0.25) is 11.8 Å². The van der Waals surface area contributed by atoms with Gasteiger partial charge in [0.15, 0.2) is 0 Å². The third kappa shape index (κ3) is 14.9. The molecule has 10 nitrogen and oxygen atoms in total. The number of carbonyl (C=O) groups excluding carboxylic acids is 4. The van der Waals surface area contributed by atoms with Crippen LogP contribution in [0.1, 0.15) is 68.9 Å². The van der Waals surface area contributed by atoms with Gasteiger partial charge in [0.05, 0.1) is 24.6 Å². The number of allylic oxidation sites excluding steroid dienone is 2. The van der Waals surface area contributed by atoms with Gasteiger partial charge < -0.3 is 30.5 Å². The Hall–Kier alpha value is -4.18. The number of hydrogen-bond acceptors (Lipinski definition) is 7. The Labute approximate surface area is 266 Å². The number of hydrogen-bond donors (Lipinski definition) is 4. The van der Waals surface area contributed by atoms with Gasteiger partial charge in [-0.05, 0) is 62.5 Å². The Bertz CT molecular complexity index is 1210. The molecule has 0 fully saturated rings. The summed E-state index contributed by atoms with van der Waals surface area (Å²) in [6, 6.07) is 18.1.